The number of hydrogen-bond acceptors (Lipinski definition) is 3. The van der Waals surface area contributed by atoms with E-state index in [1.165, 1.54) is 13.2 Å². The number of nitro groups is 1. The van der Waals surface area contributed by atoms with Crippen molar-refractivity contribution in [2.75, 3.05) is 7.11 Å². The summed E-state index contributed by atoms with van der Waals surface area (Å²) in [4.78, 5) is 9.77. The standard InChI is InChI=1S/C8H8FNO3/c1-5-3-6(9)4-7(10(11)12)8(5)13-2/h3-4H,1-2H3. The van der Waals surface area contributed by atoms with Crippen molar-refractivity contribution in [3.8, 4) is 5.75 Å². The fourth-order valence-corrected chi connectivity index (χ4v) is 1.11. The molecule has 0 aliphatic rings. The van der Waals surface area contributed by atoms with Gasteiger partial charge in [0.25, 0.3) is 0 Å². The molecule has 0 fully saturated rings. The number of rotatable bonds is 2. The highest BCUT2D eigenvalue weighted by Crippen LogP contribution is 2.30. The molecule has 0 spiro atoms. The quantitative estimate of drug-likeness (QED) is 0.523. The first kappa shape index (κ1) is 9.44. The third-order valence-electron chi connectivity index (χ3n) is 1.62. The summed E-state index contributed by atoms with van der Waals surface area (Å²) in [5, 5.41) is 10.4. The lowest BCUT2D eigenvalue weighted by Crippen LogP contribution is -1.96. The fraction of sp³-hybridized carbons (Fsp3) is 0.250. The molecular weight excluding hydrogens is 177 g/mol. The van der Waals surface area contributed by atoms with Crippen molar-refractivity contribution < 1.29 is 14.1 Å². The van der Waals surface area contributed by atoms with Gasteiger partial charge in [0.2, 0.25) is 0 Å². The first-order valence-electron chi connectivity index (χ1n) is 3.54. The molecule has 0 atom stereocenters. The van der Waals surface area contributed by atoms with Crippen molar-refractivity contribution in [1.29, 1.82) is 0 Å². The lowest BCUT2D eigenvalue weighted by molar-refractivity contribution is -0.386. The Morgan fingerprint density at radius 1 is 1.54 bits per heavy atom. The molecule has 0 heterocycles. The summed E-state index contributed by atoms with van der Waals surface area (Å²) in [6.07, 6.45) is 0. The Labute approximate surface area is 74.1 Å². The predicted molar refractivity (Wildman–Crippen MR) is 44.3 cm³/mol. The Bertz CT molecular complexity index is 351. The zero-order valence-corrected chi connectivity index (χ0v) is 7.20. The van der Waals surface area contributed by atoms with Crippen LogP contribution >= 0.6 is 0 Å². The van der Waals surface area contributed by atoms with Gasteiger partial charge in [0.15, 0.2) is 5.75 Å². The molecule has 0 aliphatic carbocycles. The largest absolute Gasteiger partial charge is 0.490 e. The minimum Gasteiger partial charge on any atom is -0.490 e. The molecule has 4 nitrogen and oxygen atoms in total. The van der Waals surface area contributed by atoms with Crippen molar-refractivity contribution in [3.05, 3.63) is 33.6 Å². The van der Waals surface area contributed by atoms with Gasteiger partial charge < -0.3 is 4.74 Å². The van der Waals surface area contributed by atoms with E-state index < -0.39 is 10.7 Å². The minimum atomic E-state index is -0.672. The van der Waals surface area contributed by atoms with E-state index in [1.54, 1.807) is 6.92 Å². The van der Waals surface area contributed by atoms with E-state index in [0.29, 0.717) is 5.56 Å². The van der Waals surface area contributed by atoms with Crippen LogP contribution in [0.15, 0.2) is 12.1 Å². The van der Waals surface area contributed by atoms with Crippen molar-refractivity contribution >= 4 is 5.69 Å². The van der Waals surface area contributed by atoms with Crippen LogP contribution in [0, 0.1) is 22.9 Å². The summed E-state index contributed by atoms with van der Waals surface area (Å²) in [7, 11) is 1.31. The van der Waals surface area contributed by atoms with Crippen LogP contribution in [-0.2, 0) is 0 Å². The second-order valence-electron chi connectivity index (χ2n) is 2.53. The van der Waals surface area contributed by atoms with Crippen LogP contribution in [0.1, 0.15) is 5.56 Å². The van der Waals surface area contributed by atoms with Crippen molar-refractivity contribution in [1.82, 2.24) is 0 Å². The molecule has 1 aromatic carbocycles. The monoisotopic (exact) mass is 185 g/mol. The molecule has 0 amide bonds. The number of aryl methyl sites for hydroxylation is 1. The lowest BCUT2D eigenvalue weighted by atomic mass is 10.2. The van der Waals surface area contributed by atoms with Crippen molar-refractivity contribution in [3.63, 3.8) is 0 Å². The topological polar surface area (TPSA) is 52.4 Å². The maximum absolute atomic E-state index is 12.7. The SMILES string of the molecule is COc1c(C)cc(F)cc1[N+](=O)[O-]. The van der Waals surface area contributed by atoms with Gasteiger partial charge in [0.1, 0.15) is 5.82 Å². The minimum absolute atomic E-state index is 0.103. The van der Waals surface area contributed by atoms with E-state index in [0.717, 1.165) is 6.07 Å². The van der Waals surface area contributed by atoms with Gasteiger partial charge in [-0.3, -0.25) is 10.1 Å². The van der Waals surface area contributed by atoms with E-state index in [9.17, 15) is 14.5 Å². The number of hydrogen-bond donors (Lipinski definition) is 0. The summed E-state index contributed by atoms with van der Waals surface area (Å²) in [6, 6.07) is 2.03. The number of nitrogens with zero attached hydrogens (tertiary/aromatic N) is 1. The van der Waals surface area contributed by atoms with Crippen LogP contribution in [0.3, 0.4) is 0 Å². The summed E-state index contributed by atoms with van der Waals surface area (Å²) in [5.41, 5.74) is 0.0641. The Morgan fingerprint density at radius 2 is 2.15 bits per heavy atom. The second kappa shape index (κ2) is 3.38. The van der Waals surface area contributed by atoms with Gasteiger partial charge >= 0.3 is 5.69 Å². The smallest absolute Gasteiger partial charge is 0.314 e. The Morgan fingerprint density at radius 3 is 2.62 bits per heavy atom. The van der Waals surface area contributed by atoms with Crippen molar-refractivity contribution in [2.24, 2.45) is 0 Å². The Hall–Kier alpha value is -1.65. The Balaban J connectivity index is 3.38. The molecule has 0 N–H and O–H groups in total. The van der Waals surface area contributed by atoms with Gasteiger partial charge in [-0.15, -0.1) is 0 Å². The lowest BCUT2D eigenvalue weighted by Gasteiger charge is -2.04. The van der Waals surface area contributed by atoms with Crippen LogP contribution in [0.2, 0.25) is 0 Å². The zero-order chi connectivity index (χ0) is 10.0. The Kier molecular flexibility index (Phi) is 2.46. The molecule has 0 saturated carbocycles. The summed E-state index contributed by atoms with van der Waals surface area (Å²) < 4.78 is 17.5. The van der Waals surface area contributed by atoms with Crippen LogP contribution in [0.5, 0.6) is 5.75 Å². The molecule has 0 aliphatic heterocycles. The highest BCUT2D eigenvalue weighted by Gasteiger charge is 2.18. The van der Waals surface area contributed by atoms with Gasteiger partial charge in [-0.25, -0.2) is 4.39 Å². The van der Waals surface area contributed by atoms with Gasteiger partial charge in [0, 0.05) is 5.56 Å². The highest BCUT2D eigenvalue weighted by molar-refractivity contribution is 5.51. The van der Waals surface area contributed by atoms with Gasteiger partial charge in [-0.1, -0.05) is 0 Å². The predicted octanol–water partition coefficient (Wildman–Crippen LogP) is 2.05. The van der Waals surface area contributed by atoms with E-state index in [4.69, 9.17) is 4.74 Å². The van der Waals surface area contributed by atoms with Crippen LogP contribution in [0.4, 0.5) is 10.1 Å². The van der Waals surface area contributed by atoms with Crippen LogP contribution < -0.4 is 4.74 Å². The number of ether oxygens (including phenoxy) is 1. The van der Waals surface area contributed by atoms with E-state index in [-0.39, 0.29) is 11.4 Å². The molecule has 0 radical (unpaired) electrons. The molecule has 0 aromatic heterocycles. The van der Waals surface area contributed by atoms with Gasteiger partial charge in [0.05, 0.1) is 18.1 Å². The number of nitro benzene ring substituents is 1. The third-order valence-corrected chi connectivity index (χ3v) is 1.62. The average Bonchev–Trinajstić information content (AvgIpc) is 2.02. The summed E-state index contributed by atoms with van der Waals surface area (Å²) in [6.45, 7) is 1.55. The average molecular weight is 185 g/mol. The molecule has 0 saturated heterocycles. The third kappa shape index (κ3) is 1.74. The summed E-state index contributed by atoms with van der Waals surface area (Å²) >= 11 is 0. The van der Waals surface area contributed by atoms with Crippen LogP contribution in [-0.4, -0.2) is 12.0 Å². The molecule has 70 valence electrons. The molecule has 0 bridgehead atoms. The number of methoxy groups -OCH3 is 1. The molecular formula is C8H8FNO3. The van der Waals surface area contributed by atoms with Gasteiger partial charge in [-0.2, -0.15) is 0 Å². The van der Waals surface area contributed by atoms with E-state index in [2.05, 4.69) is 0 Å². The van der Waals surface area contributed by atoms with E-state index in [1.807, 2.05) is 0 Å². The first-order chi connectivity index (χ1) is 6.06. The normalized spacial score (nSPS) is 9.77. The molecule has 0 unspecified atom stereocenters. The van der Waals surface area contributed by atoms with Crippen molar-refractivity contribution in [2.45, 2.75) is 6.92 Å². The second-order valence-corrected chi connectivity index (χ2v) is 2.53. The molecule has 1 aromatic rings. The highest BCUT2D eigenvalue weighted by atomic mass is 19.1. The maximum atomic E-state index is 12.7. The maximum Gasteiger partial charge on any atom is 0.314 e. The van der Waals surface area contributed by atoms with E-state index >= 15 is 0 Å². The molecule has 1 rings (SSSR count). The first-order valence-corrected chi connectivity index (χ1v) is 3.54. The zero-order valence-electron chi connectivity index (χ0n) is 7.20. The van der Waals surface area contributed by atoms with Gasteiger partial charge in [-0.05, 0) is 13.0 Å². The molecule has 13 heavy (non-hydrogen) atoms. The summed E-state index contributed by atoms with van der Waals surface area (Å²) in [5.74, 6) is -0.531. The van der Waals surface area contributed by atoms with Crippen LogP contribution in [0.25, 0.3) is 0 Å². The fourth-order valence-electron chi connectivity index (χ4n) is 1.11. The number of halogens is 1. The molecule has 5 heteroatoms. The number of benzene rings is 1.